The van der Waals surface area contributed by atoms with Crippen LogP contribution in [0.1, 0.15) is 31.8 Å². The first-order chi connectivity index (χ1) is 16.6. The second kappa shape index (κ2) is 11.4. The molecule has 0 radical (unpaired) electrons. The number of hydrazone groups is 2. The Kier molecular flexibility index (Phi) is 8.28. The Labute approximate surface area is 214 Å². The Morgan fingerprint density at radius 2 is 1.23 bits per heavy atom. The van der Waals surface area contributed by atoms with Gasteiger partial charge in [-0.25, -0.2) is 10.9 Å². The van der Waals surface area contributed by atoms with Gasteiger partial charge in [-0.2, -0.15) is 10.2 Å². The van der Waals surface area contributed by atoms with Gasteiger partial charge < -0.3 is 10.2 Å². The van der Waals surface area contributed by atoms with Gasteiger partial charge in [0.05, 0.1) is 17.4 Å². The minimum absolute atomic E-state index is 0.0720. The highest BCUT2D eigenvalue weighted by molar-refractivity contribution is 9.10. The maximum absolute atomic E-state index is 12.5. The summed E-state index contributed by atoms with van der Waals surface area (Å²) in [5, 5.41) is 38.4. The van der Waals surface area contributed by atoms with Gasteiger partial charge in [-0.15, -0.1) is 0 Å². The van der Waals surface area contributed by atoms with Gasteiger partial charge >= 0.3 is 0 Å². The third kappa shape index (κ3) is 6.94. The number of phenols is 2. The number of hydrogen-bond donors (Lipinski definition) is 4. The van der Waals surface area contributed by atoms with Gasteiger partial charge in [-0.05, 0) is 42.5 Å². The molecule has 0 saturated carbocycles. The van der Waals surface area contributed by atoms with E-state index in [0.29, 0.717) is 20.1 Å². The number of nitro benzene ring substituents is 1. The van der Waals surface area contributed by atoms with E-state index >= 15 is 0 Å². The molecule has 35 heavy (non-hydrogen) atoms. The molecule has 0 bridgehead atoms. The Morgan fingerprint density at radius 1 is 0.800 bits per heavy atom. The topological polar surface area (TPSA) is 167 Å². The van der Waals surface area contributed by atoms with Gasteiger partial charge in [0.15, 0.2) is 0 Å². The van der Waals surface area contributed by atoms with Gasteiger partial charge in [-0.1, -0.05) is 31.9 Å². The molecule has 0 saturated heterocycles. The van der Waals surface area contributed by atoms with Crippen LogP contribution >= 0.6 is 31.9 Å². The number of non-ortho nitro benzene ring substituents is 1. The number of benzene rings is 3. The number of rotatable bonds is 7. The molecule has 0 aromatic heterocycles. The summed E-state index contributed by atoms with van der Waals surface area (Å²) in [5.74, 6) is -1.79. The molecule has 13 heteroatoms. The number of carbonyl (C=O) groups excluding carboxylic acids is 2. The molecule has 0 aliphatic carbocycles. The molecular formula is C22H15Br2N5O6. The number of carbonyl (C=O) groups is 2. The fourth-order valence-corrected chi connectivity index (χ4v) is 3.44. The number of phenolic OH excluding ortho intramolecular Hbond substituents is 2. The van der Waals surface area contributed by atoms with E-state index in [1.807, 2.05) is 0 Å². The molecule has 0 heterocycles. The number of hydrogen-bond acceptors (Lipinski definition) is 8. The summed E-state index contributed by atoms with van der Waals surface area (Å²) in [6, 6.07) is 12.3. The van der Waals surface area contributed by atoms with Crippen LogP contribution in [0.2, 0.25) is 0 Å². The van der Waals surface area contributed by atoms with E-state index in [-0.39, 0.29) is 22.6 Å². The SMILES string of the molecule is O=C(N/N=C/c1cc(Br)ccc1O)c1cc(C(=O)N/N=C/c2cc(Br)ccc2O)cc([N+](=O)[O-])c1. The van der Waals surface area contributed by atoms with Crippen molar-refractivity contribution in [2.24, 2.45) is 10.2 Å². The number of nitrogens with zero attached hydrogens (tertiary/aromatic N) is 3. The van der Waals surface area contributed by atoms with Crippen molar-refractivity contribution in [3.63, 3.8) is 0 Å². The van der Waals surface area contributed by atoms with Crippen molar-refractivity contribution in [1.82, 2.24) is 10.9 Å². The Balaban J connectivity index is 1.77. The van der Waals surface area contributed by atoms with Crippen LogP contribution < -0.4 is 10.9 Å². The average molecular weight is 605 g/mol. The lowest BCUT2D eigenvalue weighted by molar-refractivity contribution is -0.384. The zero-order chi connectivity index (χ0) is 25.5. The summed E-state index contributed by atoms with van der Waals surface area (Å²) < 4.78 is 1.35. The second-order valence-corrected chi connectivity index (χ2v) is 8.66. The molecular weight excluding hydrogens is 590 g/mol. The van der Waals surface area contributed by atoms with Crippen LogP contribution in [0.25, 0.3) is 0 Å². The van der Waals surface area contributed by atoms with Crippen LogP contribution in [0.5, 0.6) is 11.5 Å². The molecule has 0 unspecified atom stereocenters. The molecule has 0 fully saturated rings. The summed E-state index contributed by atoms with van der Waals surface area (Å²) in [6.07, 6.45) is 2.38. The van der Waals surface area contributed by atoms with Crippen molar-refractivity contribution in [1.29, 1.82) is 0 Å². The molecule has 3 aromatic carbocycles. The summed E-state index contributed by atoms with van der Waals surface area (Å²) in [7, 11) is 0. The molecule has 178 valence electrons. The van der Waals surface area contributed by atoms with Crippen molar-refractivity contribution in [2.45, 2.75) is 0 Å². The first-order valence-corrected chi connectivity index (χ1v) is 11.2. The van der Waals surface area contributed by atoms with Crippen LogP contribution in [-0.2, 0) is 0 Å². The fraction of sp³-hybridized carbons (Fsp3) is 0. The van der Waals surface area contributed by atoms with E-state index in [2.05, 4.69) is 52.9 Å². The van der Waals surface area contributed by atoms with Crippen LogP contribution in [0.15, 0.2) is 73.7 Å². The van der Waals surface area contributed by atoms with Crippen LogP contribution in [0.4, 0.5) is 5.69 Å². The number of aromatic hydroxyl groups is 2. The molecule has 3 aromatic rings. The van der Waals surface area contributed by atoms with Crippen molar-refractivity contribution < 1.29 is 24.7 Å². The fourth-order valence-electron chi connectivity index (χ4n) is 2.69. The van der Waals surface area contributed by atoms with E-state index in [1.54, 1.807) is 24.3 Å². The largest absolute Gasteiger partial charge is 0.507 e. The van der Waals surface area contributed by atoms with Crippen molar-refractivity contribution in [3.8, 4) is 11.5 Å². The number of halogens is 2. The normalized spacial score (nSPS) is 11.0. The predicted octanol–water partition coefficient (Wildman–Crippen LogP) is 4.06. The highest BCUT2D eigenvalue weighted by atomic mass is 79.9. The molecule has 2 amide bonds. The second-order valence-electron chi connectivity index (χ2n) is 6.83. The van der Waals surface area contributed by atoms with Crippen LogP contribution in [0, 0.1) is 10.1 Å². The first kappa shape index (κ1) is 25.5. The summed E-state index contributed by atoms with van der Waals surface area (Å²) in [4.78, 5) is 35.5. The lowest BCUT2D eigenvalue weighted by atomic mass is 10.1. The molecule has 11 nitrogen and oxygen atoms in total. The van der Waals surface area contributed by atoms with Crippen molar-refractivity contribution >= 4 is 61.8 Å². The molecule has 3 rings (SSSR count). The Morgan fingerprint density at radius 3 is 1.63 bits per heavy atom. The van der Waals surface area contributed by atoms with E-state index in [4.69, 9.17) is 0 Å². The highest BCUT2D eigenvalue weighted by Gasteiger charge is 2.18. The zero-order valence-corrected chi connectivity index (χ0v) is 20.6. The molecule has 0 spiro atoms. The van der Waals surface area contributed by atoms with Gasteiger partial charge in [-0.3, -0.25) is 19.7 Å². The van der Waals surface area contributed by atoms with Gasteiger partial charge in [0, 0.05) is 43.3 Å². The monoisotopic (exact) mass is 603 g/mol. The summed E-state index contributed by atoms with van der Waals surface area (Å²) >= 11 is 6.50. The maximum atomic E-state index is 12.5. The van der Waals surface area contributed by atoms with E-state index in [0.717, 1.165) is 18.2 Å². The lowest BCUT2D eigenvalue weighted by Crippen LogP contribution is -2.21. The first-order valence-electron chi connectivity index (χ1n) is 9.57. The smallest absolute Gasteiger partial charge is 0.271 e. The number of nitro groups is 1. The van der Waals surface area contributed by atoms with Crippen molar-refractivity contribution in [2.75, 3.05) is 0 Å². The van der Waals surface area contributed by atoms with E-state index in [9.17, 15) is 29.9 Å². The summed E-state index contributed by atoms with van der Waals surface area (Å²) in [6.45, 7) is 0. The standard InChI is InChI=1S/C22H15Br2N5O6/c23-16-1-3-19(30)14(6-16)10-25-27-21(32)12-5-13(9-18(8-12)29(34)35)22(33)28-26-11-15-7-17(24)2-4-20(15)31/h1-11,30-31H,(H,27,32)(H,28,33)/b25-10+,26-11+. The lowest BCUT2D eigenvalue weighted by Gasteiger charge is -2.05. The van der Waals surface area contributed by atoms with Crippen molar-refractivity contribution in [3.05, 3.63) is 95.9 Å². The molecule has 0 aliphatic heterocycles. The third-order valence-electron chi connectivity index (χ3n) is 4.37. The van der Waals surface area contributed by atoms with E-state index < -0.39 is 22.4 Å². The van der Waals surface area contributed by atoms with Gasteiger partial charge in [0.1, 0.15) is 11.5 Å². The molecule has 0 aliphatic rings. The number of amides is 2. The molecule has 4 N–H and O–H groups in total. The summed E-state index contributed by atoms with van der Waals surface area (Å²) in [5.41, 5.74) is 4.11. The van der Waals surface area contributed by atoms with Gasteiger partial charge in [0.2, 0.25) is 0 Å². The number of nitrogens with one attached hydrogen (secondary N) is 2. The average Bonchev–Trinajstić information content (AvgIpc) is 2.82. The third-order valence-corrected chi connectivity index (χ3v) is 5.36. The zero-order valence-electron chi connectivity index (χ0n) is 17.5. The predicted molar refractivity (Wildman–Crippen MR) is 135 cm³/mol. The Bertz CT molecular complexity index is 1280. The minimum atomic E-state index is -0.823. The van der Waals surface area contributed by atoms with Gasteiger partial charge in [0.25, 0.3) is 17.5 Å². The van der Waals surface area contributed by atoms with Crippen LogP contribution in [0.3, 0.4) is 0 Å². The quantitative estimate of drug-likeness (QED) is 0.180. The Hall–Kier alpha value is -4.10. The minimum Gasteiger partial charge on any atom is -0.507 e. The van der Waals surface area contributed by atoms with Crippen LogP contribution in [-0.4, -0.2) is 39.4 Å². The maximum Gasteiger partial charge on any atom is 0.271 e. The highest BCUT2D eigenvalue weighted by Crippen LogP contribution is 2.21. The van der Waals surface area contributed by atoms with E-state index in [1.165, 1.54) is 24.6 Å². The molecule has 0 atom stereocenters.